The number of carbonyl (C=O) groups is 1. The summed E-state index contributed by atoms with van der Waals surface area (Å²) in [5.74, 6) is -0.146. The van der Waals surface area contributed by atoms with Crippen LogP contribution < -0.4 is 14.8 Å². The summed E-state index contributed by atoms with van der Waals surface area (Å²) in [6.45, 7) is 3.62. The molecule has 3 rings (SSSR count). The van der Waals surface area contributed by atoms with Crippen LogP contribution in [-0.4, -0.2) is 17.7 Å². The van der Waals surface area contributed by atoms with Gasteiger partial charge in [-0.25, -0.2) is 9.18 Å². The molecule has 0 amide bonds. The smallest absolute Gasteiger partial charge is 0.335 e. The van der Waals surface area contributed by atoms with Crippen molar-refractivity contribution in [3.05, 3.63) is 93.2 Å². The van der Waals surface area contributed by atoms with Gasteiger partial charge >= 0.3 is 5.97 Å². The predicted octanol–water partition coefficient (Wildman–Crippen LogP) is 5.98. The van der Waals surface area contributed by atoms with Crippen LogP contribution in [0, 0.1) is 5.82 Å². The fourth-order valence-corrected chi connectivity index (χ4v) is 3.61. The van der Waals surface area contributed by atoms with Gasteiger partial charge in [0.1, 0.15) is 12.4 Å². The highest BCUT2D eigenvalue weighted by Crippen LogP contribution is 2.37. The standard InChI is InChI=1S/C24H23BrFNO4.ClH/c1-2-30-22-12-17(14-27-13-16-7-9-18(10-8-16)24(28)29)11-20(25)23(22)31-15-19-5-3-4-6-21(19)26;/h3-12,27H,2,13-15H2,1H3,(H,28,29);1H. The quantitative estimate of drug-likeness (QED) is 0.342. The van der Waals surface area contributed by atoms with E-state index < -0.39 is 5.97 Å². The van der Waals surface area contributed by atoms with Crippen molar-refractivity contribution in [2.24, 2.45) is 0 Å². The fraction of sp³-hybridized carbons (Fsp3) is 0.208. The molecule has 0 spiro atoms. The summed E-state index contributed by atoms with van der Waals surface area (Å²) in [5.41, 5.74) is 2.70. The number of aromatic carboxylic acids is 1. The molecule has 5 nitrogen and oxygen atoms in total. The van der Waals surface area contributed by atoms with Crippen molar-refractivity contribution < 1.29 is 23.8 Å². The van der Waals surface area contributed by atoms with Crippen LogP contribution >= 0.6 is 28.3 Å². The molecule has 8 heteroatoms. The SMILES string of the molecule is CCOc1cc(CNCc2ccc(C(=O)O)cc2)cc(Br)c1OCc1ccccc1F.Cl. The van der Waals surface area contributed by atoms with E-state index in [2.05, 4.69) is 21.2 Å². The largest absolute Gasteiger partial charge is 0.490 e. The van der Waals surface area contributed by atoms with Crippen molar-refractivity contribution in [3.63, 3.8) is 0 Å². The fourth-order valence-electron chi connectivity index (χ4n) is 3.01. The molecule has 0 aliphatic carbocycles. The van der Waals surface area contributed by atoms with Crippen molar-refractivity contribution >= 4 is 34.3 Å². The molecule has 0 atom stereocenters. The Balaban J connectivity index is 0.00000363. The van der Waals surface area contributed by atoms with Crippen LogP contribution in [0.2, 0.25) is 0 Å². The Hall–Kier alpha value is -2.61. The van der Waals surface area contributed by atoms with E-state index in [0.717, 1.165) is 15.6 Å². The number of halogens is 3. The number of nitrogens with one attached hydrogen (secondary N) is 1. The van der Waals surface area contributed by atoms with Gasteiger partial charge in [0.05, 0.1) is 16.6 Å². The van der Waals surface area contributed by atoms with Crippen molar-refractivity contribution in [2.75, 3.05) is 6.61 Å². The third-order valence-electron chi connectivity index (χ3n) is 4.56. The molecule has 0 radical (unpaired) electrons. The van der Waals surface area contributed by atoms with Crippen LogP contribution in [0.3, 0.4) is 0 Å². The van der Waals surface area contributed by atoms with Crippen LogP contribution in [0.5, 0.6) is 11.5 Å². The lowest BCUT2D eigenvalue weighted by atomic mass is 10.1. The summed E-state index contributed by atoms with van der Waals surface area (Å²) in [6.07, 6.45) is 0. The first-order valence-corrected chi connectivity index (χ1v) is 10.6. The zero-order valence-corrected chi connectivity index (χ0v) is 19.8. The molecule has 0 saturated heterocycles. The van der Waals surface area contributed by atoms with E-state index in [1.807, 2.05) is 19.1 Å². The molecule has 0 aliphatic heterocycles. The highest BCUT2D eigenvalue weighted by molar-refractivity contribution is 9.10. The van der Waals surface area contributed by atoms with E-state index >= 15 is 0 Å². The monoisotopic (exact) mass is 523 g/mol. The van der Waals surface area contributed by atoms with E-state index in [9.17, 15) is 9.18 Å². The van der Waals surface area contributed by atoms with Crippen molar-refractivity contribution in [1.29, 1.82) is 0 Å². The minimum absolute atomic E-state index is 0. The Morgan fingerprint density at radius 3 is 2.38 bits per heavy atom. The minimum atomic E-state index is -0.940. The number of benzene rings is 3. The molecule has 32 heavy (non-hydrogen) atoms. The number of rotatable bonds is 10. The second-order valence-corrected chi connectivity index (χ2v) is 7.68. The normalized spacial score (nSPS) is 10.3. The van der Waals surface area contributed by atoms with E-state index in [-0.39, 0.29) is 30.4 Å². The average Bonchev–Trinajstić information content (AvgIpc) is 2.75. The first-order valence-electron chi connectivity index (χ1n) is 9.82. The Morgan fingerprint density at radius 2 is 1.72 bits per heavy atom. The summed E-state index contributed by atoms with van der Waals surface area (Å²) in [4.78, 5) is 10.9. The van der Waals surface area contributed by atoms with Gasteiger partial charge in [0.2, 0.25) is 0 Å². The lowest BCUT2D eigenvalue weighted by molar-refractivity contribution is 0.0697. The third-order valence-corrected chi connectivity index (χ3v) is 5.15. The molecule has 0 fully saturated rings. The minimum Gasteiger partial charge on any atom is -0.490 e. The summed E-state index contributed by atoms with van der Waals surface area (Å²) >= 11 is 3.54. The molecule has 0 aliphatic rings. The second-order valence-electron chi connectivity index (χ2n) is 6.82. The zero-order valence-electron chi connectivity index (χ0n) is 17.4. The van der Waals surface area contributed by atoms with Crippen molar-refractivity contribution in [1.82, 2.24) is 5.32 Å². The first kappa shape index (κ1) is 25.6. The van der Waals surface area contributed by atoms with E-state index in [1.165, 1.54) is 6.07 Å². The molecule has 0 unspecified atom stereocenters. The molecule has 2 N–H and O–H groups in total. The molecule has 0 saturated carbocycles. The number of carboxylic acids is 1. The highest BCUT2D eigenvalue weighted by atomic mass is 79.9. The summed E-state index contributed by atoms with van der Waals surface area (Å²) in [6, 6.07) is 17.1. The lowest BCUT2D eigenvalue weighted by Crippen LogP contribution is -2.13. The maximum absolute atomic E-state index is 13.9. The van der Waals surface area contributed by atoms with Crippen LogP contribution in [-0.2, 0) is 19.7 Å². The predicted molar refractivity (Wildman–Crippen MR) is 127 cm³/mol. The van der Waals surface area contributed by atoms with Gasteiger partial charge in [-0.15, -0.1) is 12.4 Å². The van der Waals surface area contributed by atoms with Crippen molar-refractivity contribution in [2.45, 2.75) is 26.6 Å². The molecular weight excluding hydrogens is 501 g/mol. The lowest BCUT2D eigenvalue weighted by Gasteiger charge is -2.16. The van der Waals surface area contributed by atoms with E-state index in [1.54, 1.807) is 42.5 Å². The number of ether oxygens (including phenoxy) is 2. The summed E-state index contributed by atoms with van der Waals surface area (Å²) in [5, 5.41) is 12.3. The topological polar surface area (TPSA) is 67.8 Å². The number of carboxylic acid groups (broad SMARTS) is 1. The summed E-state index contributed by atoms with van der Waals surface area (Å²) < 4.78 is 26.2. The van der Waals surface area contributed by atoms with Crippen LogP contribution in [0.25, 0.3) is 0 Å². The molecule has 170 valence electrons. The third kappa shape index (κ3) is 6.95. The van der Waals surface area contributed by atoms with Crippen LogP contribution in [0.1, 0.15) is 34.0 Å². The van der Waals surface area contributed by atoms with Gasteiger partial charge in [-0.2, -0.15) is 0 Å². The molecule has 3 aromatic rings. The maximum Gasteiger partial charge on any atom is 0.335 e. The second kappa shape index (κ2) is 12.4. The van der Waals surface area contributed by atoms with Gasteiger partial charge in [-0.05, 0) is 64.3 Å². The molecule has 0 aromatic heterocycles. The highest BCUT2D eigenvalue weighted by Gasteiger charge is 2.14. The van der Waals surface area contributed by atoms with E-state index in [4.69, 9.17) is 14.6 Å². The molecule has 3 aromatic carbocycles. The molecule has 0 heterocycles. The van der Waals surface area contributed by atoms with Gasteiger partial charge in [0.25, 0.3) is 0 Å². The van der Waals surface area contributed by atoms with Crippen molar-refractivity contribution in [3.8, 4) is 11.5 Å². The number of hydrogen-bond acceptors (Lipinski definition) is 4. The van der Waals surface area contributed by atoms with Crippen LogP contribution in [0.4, 0.5) is 4.39 Å². The van der Waals surface area contributed by atoms with Gasteiger partial charge < -0.3 is 19.9 Å². The summed E-state index contributed by atoms with van der Waals surface area (Å²) in [7, 11) is 0. The number of hydrogen-bond donors (Lipinski definition) is 2. The van der Waals surface area contributed by atoms with Gasteiger partial charge in [-0.3, -0.25) is 0 Å². The molecule has 0 bridgehead atoms. The average molecular weight is 525 g/mol. The Kier molecular flexibility index (Phi) is 9.97. The van der Waals surface area contributed by atoms with Gasteiger partial charge in [0, 0.05) is 18.7 Å². The maximum atomic E-state index is 13.9. The Labute approximate surface area is 201 Å². The molecular formula is C24H24BrClFNO4. The Bertz CT molecular complexity index is 1050. The van der Waals surface area contributed by atoms with Gasteiger partial charge in [0.15, 0.2) is 11.5 Å². The Morgan fingerprint density at radius 1 is 1.03 bits per heavy atom. The first-order chi connectivity index (χ1) is 15.0. The van der Waals surface area contributed by atoms with E-state index in [0.29, 0.717) is 36.8 Å². The van der Waals surface area contributed by atoms with Crippen LogP contribution in [0.15, 0.2) is 65.1 Å². The zero-order chi connectivity index (χ0) is 22.2. The van der Waals surface area contributed by atoms with Gasteiger partial charge in [-0.1, -0.05) is 30.3 Å².